The summed E-state index contributed by atoms with van der Waals surface area (Å²) in [5, 5.41) is 10.4. The predicted molar refractivity (Wildman–Crippen MR) is 60.4 cm³/mol. The van der Waals surface area contributed by atoms with Gasteiger partial charge in [0.25, 0.3) is 0 Å². The minimum atomic E-state index is -5.04. The highest BCUT2D eigenvalue weighted by Crippen LogP contribution is 2.21. The Kier molecular flexibility index (Phi) is 4.52. The van der Waals surface area contributed by atoms with Crippen LogP contribution in [0.3, 0.4) is 0 Å². The molecule has 19 heavy (non-hydrogen) atoms. The number of carboxylic acid groups (broad SMARTS) is 1. The van der Waals surface area contributed by atoms with Crippen LogP contribution in [0.15, 0.2) is 24.3 Å². The minimum absolute atomic E-state index is 0.319. The fourth-order valence-electron chi connectivity index (χ4n) is 1.55. The number of benzene rings is 1. The molecule has 1 aromatic rings. The van der Waals surface area contributed by atoms with Gasteiger partial charge in [-0.15, -0.1) is 0 Å². The Balaban J connectivity index is 2.96. The Morgan fingerprint density at radius 1 is 1.37 bits per heavy atom. The van der Waals surface area contributed by atoms with E-state index in [2.05, 4.69) is 0 Å². The third-order valence-corrected chi connectivity index (χ3v) is 2.39. The average molecular weight is 275 g/mol. The summed E-state index contributed by atoms with van der Waals surface area (Å²) in [6.45, 7) is 1.72. The number of carbonyl (C=O) groups excluding carboxylic acids is 1. The Morgan fingerprint density at radius 3 is 2.47 bits per heavy atom. The van der Waals surface area contributed by atoms with Gasteiger partial charge in [-0.2, -0.15) is 13.2 Å². The number of hydrogen-bond donors (Lipinski definition) is 2. The maximum absolute atomic E-state index is 12.2. The van der Waals surface area contributed by atoms with Crippen molar-refractivity contribution < 1.29 is 27.9 Å². The molecule has 4 nitrogen and oxygen atoms in total. The zero-order valence-electron chi connectivity index (χ0n) is 9.99. The van der Waals surface area contributed by atoms with E-state index in [1.807, 2.05) is 0 Å². The first-order valence-electron chi connectivity index (χ1n) is 5.36. The molecule has 0 fully saturated rings. The zero-order chi connectivity index (χ0) is 14.6. The van der Waals surface area contributed by atoms with Crippen molar-refractivity contribution in [2.45, 2.75) is 25.6 Å². The van der Waals surface area contributed by atoms with Crippen LogP contribution in [0.1, 0.15) is 23.6 Å². The van der Waals surface area contributed by atoms with Crippen LogP contribution in [0.2, 0.25) is 0 Å². The maximum atomic E-state index is 12.2. The van der Waals surface area contributed by atoms with E-state index in [9.17, 15) is 22.8 Å². The summed E-state index contributed by atoms with van der Waals surface area (Å²) in [5.74, 6) is -3.45. The van der Waals surface area contributed by atoms with E-state index in [1.54, 1.807) is 24.4 Å². The number of aryl methyl sites for hydroxylation is 1. The summed E-state index contributed by atoms with van der Waals surface area (Å²) in [6, 6.07) is 5.08. The number of carbonyl (C=O) groups is 2. The number of amides is 1. The van der Waals surface area contributed by atoms with Crippen LogP contribution in [0.25, 0.3) is 0 Å². The van der Waals surface area contributed by atoms with Crippen molar-refractivity contribution in [1.29, 1.82) is 0 Å². The molecule has 1 aromatic carbocycles. The summed E-state index contributed by atoms with van der Waals surface area (Å²) in [7, 11) is 0. The maximum Gasteiger partial charge on any atom is 0.471 e. The average Bonchev–Trinajstić information content (AvgIpc) is 2.26. The van der Waals surface area contributed by atoms with Gasteiger partial charge in [0.05, 0.1) is 12.5 Å². The smallest absolute Gasteiger partial charge is 0.471 e. The predicted octanol–water partition coefficient (Wildman–Crippen LogP) is 2.19. The van der Waals surface area contributed by atoms with Gasteiger partial charge >= 0.3 is 18.1 Å². The van der Waals surface area contributed by atoms with Crippen molar-refractivity contribution in [2.24, 2.45) is 0 Å². The van der Waals surface area contributed by atoms with Gasteiger partial charge in [0.15, 0.2) is 0 Å². The van der Waals surface area contributed by atoms with Gasteiger partial charge in [-0.25, -0.2) is 0 Å². The summed E-state index contributed by atoms with van der Waals surface area (Å²) >= 11 is 0. The number of carboxylic acids is 1. The van der Waals surface area contributed by atoms with E-state index >= 15 is 0 Å². The molecule has 0 radical (unpaired) electrons. The van der Waals surface area contributed by atoms with Crippen LogP contribution in [-0.2, 0) is 9.59 Å². The Bertz CT molecular complexity index is 485. The van der Waals surface area contributed by atoms with Gasteiger partial charge in [0.1, 0.15) is 0 Å². The van der Waals surface area contributed by atoms with Crippen molar-refractivity contribution in [2.75, 3.05) is 0 Å². The van der Waals surface area contributed by atoms with Gasteiger partial charge in [-0.1, -0.05) is 29.8 Å². The molecule has 0 aliphatic rings. The first kappa shape index (κ1) is 15.0. The molecule has 0 aromatic heterocycles. The Morgan fingerprint density at radius 2 is 2.00 bits per heavy atom. The van der Waals surface area contributed by atoms with Crippen LogP contribution in [-0.4, -0.2) is 23.2 Å². The van der Waals surface area contributed by atoms with Crippen molar-refractivity contribution in [3.05, 3.63) is 35.4 Å². The number of aliphatic carboxylic acids is 1. The number of alkyl halides is 3. The van der Waals surface area contributed by atoms with Crippen LogP contribution < -0.4 is 5.32 Å². The zero-order valence-corrected chi connectivity index (χ0v) is 9.99. The third kappa shape index (κ3) is 4.61. The van der Waals surface area contributed by atoms with Gasteiger partial charge in [0.2, 0.25) is 0 Å². The van der Waals surface area contributed by atoms with E-state index in [0.717, 1.165) is 5.56 Å². The van der Waals surface area contributed by atoms with Crippen LogP contribution in [0, 0.1) is 6.92 Å². The van der Waals surface area contributed by atoms with E-state index in [4.69, 9.17) is 5.11 Å². The second-order valence-electron chi connectivity index (χ2n) is 4.04. The summed E-state index contributed by atoms with van der Waals surface area (Å²) in [4.78, 5) is 21.6. The van der Waals surface area contributed by atoms with E-state index in [-0.39, 0.29) is 0 Å². The number of halogens is 3. The molecule has 0 bridgehead atoms. The summed E-state index contributed by atoms with van der Waals surface area (Å²) < 4.78 is 36.5. The standard InChI is InChI=1S/C12H12F3NO3/c1-7-3-2-4-8(5-7)9(6-10(17)18)16-11(19)12(13,14)15/h2-5,9H,6H2,1H3,(H,16,19)(H,17,18)/t9-/m1/s1. The van der Waals surface area contributed by atoms with Gasteiger partial charge in [-0.3, -0.25) is 9.59 Å². The molecule has 1 amide bonds. The lowest BCUT2D eigenvalue weighted by atomic mass is 10.0. The van der Waals surface area contributed by atoms with Gasteiger partial charge in [-0.05, 0) is 12.5 Å². The molecule has 104 valence electrons. The van der Waals surface area contributed by atoms with Crippen molar-refractivity contribution >= 4 is 11.9 Å². The van der Waals surface area contributed by atoms with Crippen LogP contribution in [0.5, 0.6) is 0 Å². The lowest BCUT2D eigenvalue weighted by Crippen LogP contribution is -2.39. The summed E-state index contributed by atoms with van der Waals surface area (Å²) in [6.07, 6.45) is -5.66. The molecule has 1 rings (SSSR count). The fourth-order valence-corrected chi connectivity index (χ4v) is 1.55. The number of hydrogen-bond acceptors (Lipinski definition) is 2. The quantitative estimate of drug-likeness (QED) is 0.885. The third-order valence-electron chi connectivity index (χ3n) is 2.39. The largest absolute Gasteiger partial charge is 0.481 e. The molecule has 7 heteroatoms. The molecule has 0 aliphatic heterocycles. The minimum Gasteiger partial charge on any atom is -0.481 e. The highest BCUT2D eigenvalue weighted by atomic mass is 19.4. The van der Waals surface area contributed by atoms with Crippen LogP contribution in [0.4, 0.5) is 13.2 Å². The highest BCUT2D eigenvalue weighted by Gasteiger charge is 2.40. The molecule has 0 aliphatic carbocycles. The molecule has 0 unspecified atom stereocenters. The normalized spacial score (nSPS) is 12.8. The second-order valence-corrected chi connectivity index (χ2v) is 4.04. The fraction of sp³-hybridized carbons (Fsp3) is 0.333. The van der Waals surface area contributed by atoms with E-state index < -0.39 is 30.5 Å². The highest BCUT2D eigenvalue weighted by molar-refractivity contribution is 5.82. The van der Waals surface area contributed by atoms with E-state index in [1.165, 1.54) is 12.1 Å². The molecule has 0 heterocycles. The lowest BCUT2D eigenvalue weighted by Gasteiger charge is -2.18. The molecular formula is C12H12F3NO3. The van der Waals surface area contributed by atoms with Crippen molar-refractivity contribution in [3.63, 3.8) is 0 Å². The molecule has 0 saturated carbocycles. The molecule has 0 saturated heterocycles. The molecule has 2 N–H and O–H groups in total. The number of nitrogens with one attached hydrogen (secondary N) is 1. The summed E-state index contributed by atoms with van der Waals surface area (Å²) in [5.41, 5.74) is 1.08. The second kappa shape index (κ2) is 5.73. The lowest BCUT2D eigenvalue weighted by molar-refractivity contribution is -0.174. The van der Waals surface area contributed by atoms with Gasteiger partial charge in [0, 0.05) is 0 Å². The number of rotatable bonds is 4. The van der Waals surface area contributed by atoms with Crippen LogP contribution >= 0.6 is 0 Å². The van der Waals surface area contributed by atoms with Crippen molar-refractivity contribution in [3.8, 4) is 0 Å². The first-order valence-corrected chi connectivity index (χ1v) is 5.36. The SMILES string of the molecule is Cc1cccc([C@@H](CC(=O)O)NC(=O)C(F)(F)F)c1. The van der Waals surface area contributed by atoms with E-state index in [0.29, 0.717) is 5.56 Å². The Labute approximate surface area is 107 Å². The topological polar surface area (TPSA) is 66.4 Å². The Hall–Kier alpha value is -2.05. The van der Waals surface area contributed by atoms with Crippen molar-refractivity contribution in [1.82, 2.24) is 5.32 Å². The first-order chi connectivity index (χ1) is 8.70. The molecule has 0 spiro atoms. The van der Waals surface area contributed by atoms with Gasteiger partial charge < -0.3 is 10.4 Å². The monoisotopic (exact) mass is 275 g/mol. The molecule has 1 atom stereocenters. The molecular weight excluding hydrogens is 263 g/mol.